The van der Waals surface area contributed by atoms with Crippen LogP contribution in [0.4, 0.5) is 0 Å². The van der Waals surface area contributed by atoms with E-state index < -0.39 is 0 Å². The van der Waals surface area contributed by atoms with Crippen LogP contribution in [0, 0.1) is 6.92 Å². The van der Waals surface area contributed by atoms with Gasteiger partial charge in [-0.3, -0.25) is 9.48 Å². The fraction of sp³-hybridized carbons (Fsp3) is 0.214. The van der Waals surface area contributed by atoms with E-state index >= 15 is 0 Å². The maximum atomic E-state index is 12.8. The molecular formula is C28H27N5O4. The third kappa shape index (κ3) is 5.16. The molecule has 1 amide bonds. The van der Waals surface area contributed by atoms with Crippen molar-refractivity contribution in [2.75, 3.05) is 20.8 Å². The Morgan fingerprint density at radius 2 is 1.84 bits per heavy atom. The van der Waals surface area contributed by atoms with Crippen LogP contribution in [0.2, 0.25) is 0 Å². The fourth-order valence-electron chi connectivity index (χ4n) is 4.20. The lowest BCUT2D eigenvalue weighted by Gasteiger charge is -2.10. The van der Waals surface area contributed by atoms with E-state index in [0.29, 0.717) is 41.9 Å². The van der Waals surface area contributed by atoms with Crippen LogP contribution in [-0.4, -0.2) is 46.6 Å². The van der Waals surface area contributed by atoms with Gasteiger partial charge in [-0.1, -0.05) is 53.2 Å². The molecule has 37 heavy (non-hydrogen) atoms. The zero-order valence-corrected chi connectivity index (χ0v) is 20.9. The minimum Gasteiger partial charge on any atom is -0.493 e. The van der Waals surface area contributed by atoms with E-state index in [1.54, 1.807) is 18.9 Å². The number of benzene rings is 3. The number of ether oxygens (including phenoxy) is 2. The second-order valence-electron chi connectivity index (χ2n) is 8.61. The van der Waals surface area contributed by atoms with E-state index in [1.165, 1.54) is 0 Å². The zero-order valence-electron chi connectivity index (χ0n) is 20.9. The Kier molecular flexibility index (Phi) is 6.85. The molecule has 0 fully saturated rings. The first-order chi connectivity index (χ1) is 18.1. The van der Waals surface area contributed by atoms with Crippen molar-refractivity contribution in [3.63, 3.8) is 0 Å². The third-order valence-corrected chi connectivity index (χ3v) is 6.04. The van der Waals surface area contributed by atoms with Gasteiger partial charge in [0.05, 0.1) is 19.7 Å². The van der Waals surface area contributed by atoms with Crippen molar-refractivity contribution < 1.29 is 18.8 Å². The maximum Gasteiger partial charge on any atom is 0.279 e. The number of carbonyl (C=O) groups is 1. The number of nitrogens with one attached hydrogen (secondary N) is 1. The second kappa shape index (κ2) is 10.5. The molecule has 5 aromatic rings. The summed E-state index contributed by atoms with van der Waals surface area (Å²) in [5, 5.41) is 12.6. The van der Waals surface area contributed by atoms with Crippen molar-refractivity contribution >= 4 is 16.8 Å². The number of fused-ring (bicyclic) bond motifs is 1. The molecular weight excluding hydrogens is 470 g/mol. The second-order valence-corrected chi connectivity index (χ2v) is 8.61. The van der Waals surface area contributed by atoms with E-state index in [-0.39, 0.29) is 12.5 Å². The lowest BCUT2D eigenvalue weighted by molar-refractivity contribution is -0.121. The molecule has 0 aliphatic heterocycles. The molecule has 0 aliphatic carbocycles. The number of rotatable bonds is 9. The standard InChI is InChI=1S/C28H27N5O4/c1-18-7-6-8-20(15-18)27-30-28(37-32-27)26-21-9-4-5-10-22(21)33(31-26)17-25(34)29-14-13-19-11-12-23(35-2)24(16-19)36-3/h4-12,15-16H,13-14,17H2,1-3H3,(H,29,34). The number of hydrogen-bond donors (Lipinski definition) is 1. The van der Waals surface area contributed by atoms with Gasteiger partial charge in [0, 0.05) is 17.5 Å². The van der Waals surface area contributed by atoms with Crippen LogP contribution in [0.15, 0.2) is 71.3 Å². The first kappa shape index (κ1) is 24.1. The Bertz CT molecular complexity index is 1560. The number of carbonyl (C=O) groups excluding carboxylic acids is 1. The predicted octanol–water partition coefficient (Wildman–Crippen LogP) is 4.44. The predicted molar refractivity (Wildman–Crippen MR) is 139 cm³/mol. The van der Waals surface area contributed by atoms with Crippen LogP contribution in [-0.2, 0) is 17.8 Å². The van der Waals surface area contributed by atoms with Gasteiger partial charge in [0.15, 0.2) is 17.2 Å². The summed E-state index contributed by atoms with van der Waals surface area (Å²) in [6.45, 7) is 2.55. The van der Waals surface area contributed by atoms with Crippen LogP contribution in [0.5, 0.6) is 11.5 Å². The highest BCUT2D eigenvalue weighted by Gasteiger charge is 2.19. The molecule has 0 radical (unpaired) electrons. The van der Waals surface area contributed by atoms with Gasteiger partial charge in [-0.05, 0) is 43.2 Å². The molecule has 0 bridgehead atoms. The van der Waals surface area contributed by atoms with Crippen molar-refractivity contribution in [1.29, 1.82) is 0 Å². The van der Waals surface area contributed by atoms with Crippen molar-refractivity contribution in [2.45, 2.75) is 19.9 Å². The summed E-state index contributed by atoms with van der Waals surface area (Å²) in [5.74, 6) is 1.98. The fourth-order valence-corrected chi connectivity index (χ4v) is 4.20. The average Bonchev–Trinajstić information content (AvgIpc) is 3.54. The average molecular weight is 498 g/mol. The molecule has 5 rings (SSSR count). The maximum absolute atomic E-state index is 12.8. The summed E-state index contributed by atoms with van der Waals surface area (Å²) < 4.78 is 17.9. The number of aromatic nitrogens is 4. The number of nitrogens with zero attached hydrogens (tertiary/aromatic N) is 4. The lowest BCUT2D eigenvalue weighted by Crippen LogP contribution is -2.29. The van der Waals surface area contributed by atoms with Crippen molar-refractivity contribution in [2.24, 2.45) is 0 Å². The minimum absolute atomic E-state index is 0.0608. The molecule has 0 aliphatic rings. The molecule has 0 spiro atoms. The van der Waals surface area contributed by atoms with Gasteiger partial charge in [0.2, 0.25) is 11.7 Å². The summed E-state index contributed by atoms with van der Waals surface area (Å²) in [5.41, 5.74) is 4.36. The first-order valence-corrected chi connectivity index (χ1v) is 11.9. The first-order valence-electron chi connectivity index (χ1n) is 11.9. The van der Waals surface area contributed by atoms with Crippen LogP contribution in [0.3, 0.4) is 0 Å². The van der Waals surface area contributed by atoms with Crippen LogP contribution in [0.25, 0.3) is 33.9 Å². The molecule has 188 valence electrons. The zero-order chi connectivity index (χ0) is 25.8. The highest BCUT2D eigenvalue weighted by atomic mass is 16.5. The molecule has 9 nitrogen and oxygen atoms in total. The van der Waals surface area contributed by atoms with Gasteiger partial charge in [-0.15, -0.1) is 0 Å². The molecule has 2 aromatic heterocycles. The quantitative estimate of drug-likeness (QED) is 0.321. The molecule has 1 N–H and O–H groups in total. The van der Waals surface area contributed by atoms with E-state index in [2.05, 4.69) is 20.6 Å². The normalized spacial score (nSPS) is 11.0. The summed E-state index contributed by atoms with van der Waals surface area (Å²) in [4.78, 5) is 17.3. The van der Waals surface area contributed by atoms with Crippen LogP contribution >= 0.6 is 0 Å². The van der Waals surface area contributed by atoms with E-state index in [4.69, 9.17) is 14.0 Å². The summed E-state index contributed by atoms with van der Waals surface area (Å²) in [6.07, 6.45) is 0.654. The van der Waals surface area contributed by atoms with Gasteiger partial charge in [0.1, 0.15) is 6.54 Å². The number of aryl methyl sites for hydroxylation is 1. The van der Waals surface area contributed by atoms with Crippen molar-refractivity contribution in [3.05, 3.63) is 77.9 Å². The number of methoxy groups -OCH3 is 2. The van der Waals surface area contributed by atoms with Crippen LogP contribution in [0.1, 0.15) is 11.1 Å². The van der Waals surface area contributed by atoms with Crippen molar-refractivity contribution in [1.82, 2.24) is 25.2 Å². The van der Waals surface area contributed by atoms with E-state index in [0.717, 1.165) is 27.6 Å². The molecule has 0 saturated heterocycles. The van der Waals surface area contributed by atoms with E-state index in [1.807, 2.05) is 73.7 Å². The SMILES string of the molecule is COc1ccc(CCNC(=O)Cn2nc(-c3nc(-c4cccc(C)c4)no3)c3ccccc32)cc1OC. The monoisotopic (exact) mass is 497 g/mol. The topological polar surface area (TPSA) is 104 Å². The number of amides is 1. The van der Waals surface area contributed by atoms with Gasteiger partial charge in [-0.2, -0.15) is 10.1 Å². The Morgan fingerprint density at radius 1 is 1.00 bits per heavy atom. The summed E-state index contributed by atoms with van der Waals surface area (Å²) in [7, 11) is 3.20. The Hall–Kier alpha value is -4.66. The van der Waals surface area contributed by atoms with Crippen LogP contribution < -0.4 is 14.8 Å². The van der Waals surface area contributed by atoms with Gasteiger partial charge >= 0.3 is 0 Å². The molecule has 9 heteroatoms. The third-order valence-electron chi connectivity index (χ3n) is 6.04. The van der Waals surface area contributed by atoms with Crippen molar-refractivity contribution in [3.8, 4) is 34.5 Å². The summed E-state index contributed by atoms with van der Waals surface area (Å²) in [6, 6.07) is 21.3. The molecule has 3 aromatic carbocycles. The molecule has 0 saturated carbocycles. The Balaban J connectivity index is 1.30. The molecule has 0 unspecified atom stereocenters. The smallest absolute Gasteiger partial charge is 0.279 e. The number of para-hydroxylation sites is 1. The molecule has 0 atom stereocenters. The summed E-state index contributed by atoms with van der Waals surface area (Å²) >= 11 is 0. The van der Waals surface area contributed by atoms with Gasteiger partial charge in [-0.25, -0.2) is 0 Å². The highest BCUT2D eigenvalue weighted by molar-refractivity contribution is 5.92. The minimum atomic E-state index is -0.147. The Labute approximate surface area is 214 Å². The van der Waals surface area contributed by atoms with E-state index in [9.17, 15) is 4.79 Å². The molecule has 2 heterocycles. The largest absolute Gasteiger partial charge is 0.493 e. The Morgan fingerprint density at radius 3 is 2.65 bits per heavy atom. The van der Waals surface area contributed by atoms with Gasteiger partial charge < -0.3 is 19.3 Å². The van der Waals surface area contributed by atoms with Gasteiger partial charge in [0.25, 0.3) is 5.89 Å². The lowest BCUT2D eigenvalue weighted by atomic mass is 10.1. The highest BCUT2D eigenvalue weighted by Crippen LogP contribution is 2.29. The number of hydrogen-bond acceptors (Lipinski definition) is 7.